The summed E-state index contributed by atoms with van der Waals surface area (Å²) in [5.74, 6) is 0.0787. The minimum Gasteiger partial charge on any atom is -0.394 e. The van der Waals surface area contributed by atoms with Gasteiger partial charge in [-0.3, -0.25) is 4.79 Å². The van der Waals surface area contributed by atoms with E-state index in [-0.39, 0.29) is 37.1 Å². The summed E-state index contributed by atoms with van der Waals surface area (Å²) < 4.78 is 10.8. The third kappa shape index (κ3) is 1.75. The van der Waals surface area contributed by atoms with E-state index in [4.69, 9.17) is 14.6 Å². The van der Waals surface area contributed by atoms with E-state index in [0.29, 0.717) is 6.61 Å². The second-order valence-corrected chi connectivity index (χ2v) is 3.58. The molecule has 0 aliphatic carbocycles. The summed E-state index contributed by atoms with van der Waals surface area (Å²) in [5.41, 5.74) is 0. The van der Waals surface area contributed by atoms with Gasteiger partial charge in [-0.1, -0.05) is 0 Å². The van der Waals surface area contributed by atoms with E-state index in [9.17, 15) is 4.79 Å². The Morgan fingerprint density at radius 2 is 2.38 bits per heavy atom. The number of carbonyl (C=O) groups is 1. The Hall–Kier alpha value is -0.450. The van der Waals surface area contributed by atoms with Gasteiger partial charge in [0.2, 0.25) is 0 Å². The van der Waals surface area contributed by atoms with Crippen molar-refractivity contribution in [3.05, 3.63) is 0 Å². The number of rotatable bonds is 1. The molecular formula is C9H14O4. The van der Waals surface area contributed by atoms with Crippen molar-refractivity contribution in [2.45, 2.75) is 37.6 Å². The molecule has 0 aromatic carbocycles. The van der Waals surface area contributed by atoms with Crippen LogP contribution in [0.25, 0.3) is 0 Å². The van der Waals surface area contributed by atoms with Crippen molar-refractivity contribution >= 4 is 5.78 Å². The van der Waals surface area contributed by atoms with Gasteiger partial charge in [-0.15, -0.1) is 0 Å². The first-order valence-corrected chi connectivity index (χ1v) is 4.72. The van der Waals surface area contributed by atoms with E-state index in [2.05, 4.69) is 0 Å². The summed E-state index contributed by atoms with van der Waals surface area (Å²) in [6, 6.07) is 0. The van der Waals surface area contributed by atoms with Gasteiger partial charge in [0.1, 0.15) is 6.10 Å². The smallest absolute Gasteiger partial charge is 0.166 e. The Labute approximate surface area is 76.8 Å². The van der Waals surface area contributed by atoms with Crippen LogP contribution in [-0.4, -0.2) is 42.4 Å². The van der Waals surface area contributed by atoms with Crippen LogP contribution in [0.1, 0.15) is 19.3 Å². The standard InChI is InChI=1S/C9H14O4/c10-5-6-4-7(11)9-8(13-6)2-1-3-12-9/h6,8-10H,1-5H2/t6-,8+,9+/m0/s1. The van der Waals surface area contributed by atoms with Crippen LogP contribution in [0.3, 0.4) is 0 Å². The lowest BCUT2D eigenvalue weighted by atomic mass is 9.95. The number of ketones is 1. The minimum absolute atomic E-state index is 0.0744. The van der Waals surface area contributed by atoms with Crippen molar-refractivity contribution in [1.29, 1.82) is 0 Å². The Morgan fingerprint density at radius 1 is 1.54 bits per heavy atom. The molecule has 0 bridgehead atoms. The lowest BCUT2D eigenvalue weighted by Crippen LogP contribution is -2.50. The Morgan fingerprint density at radius 3 is 3.15 bits per heavy atom. The lowest BCUT2D eigenvalue weighted by Gasteiger charge is -2.37. The average Bonchev–Trinajstić information content (AvgIpc) is 2.18. The molecule has 0 aromatic heterocycles. The lowest BCUT2D eigenvalue weighted by molar-refractivity contribution is -0.181. The van der Waals surface area contributed by atoms with Crippen LogP contribution in [0.4, 0.5) is 0 Å². The molecule has 74 valence electrons. The predicted octanol–water partition coefficient (Wildman–Crippen LogP) is -0.116. The van der Waals surface area contributed by atoms with Crippen LogP contribution in [0.2, 0.25) is 0 Å². The number of fused-ring (bicyclic) bond motifs is 1. The first-order chi connectivity index (χ1) is 6.31. The summed E-state index contributed by atoms with van der Waals surface area (Å²) in [6.07, 6.45) is 1.30. The quantitative estimate of drug-likeness (QED) is 0.620. The van der Waals surface area contributed by atoms with Gasteiger partial charge < -0.3 is 14.6 Å². The number of hydrogen-bond donors (Lipinski definition) is 1. The van der Waals surface area contributed by atoms with E-state index >= 15 is 0 Å². The molecule has 0 amide bonds. The van der Waals surface area contributed by atoms with Crippen LogP contribution >= 0.6 is 0 Å². The van der Waals surface area contributed by atoms with Crippen molar-refractivity contribution in [3.63, 3.8) is 0 Å². The molecule has 2 fully saturated rings. The molecule has 0 saturated carbocycles. The van der Waals surface area contributed by atoms with Crippen LogP contribution in [0.5, 0.6) is 0 Å². The molecule has 2 aliphatic rings. The fourth-order valence-electron chi connectivity index (χ4n) is 1.94. The molecule has 0 unspecified atom stereocenters. The third-order valence-corrected chi connectivity index (χ3v) is 2.59. The predicted molar refractivity (Wildman–Crippen MR) is 44.3 cm³/mol. The molecule has 13 heavy (non-hydrogen) atoms. The van der Waals surface area contributed by atoms with Crippen molar-refractivity contribution in [2.75, 3.05) is 13.2 Å². The van der Waals surface area contributed by atoms with Gasteiger partial charge in [0.25, 0.3) is 0 Å². The summed E-state index contributed by atoms with van der Waals surface area (Å²) in [6.45, 7) is 0.578. The SMILES string of the molecule is O=C1C[C@@H](CO)O[C@@H]2CCCO[C@H]12. The van der Waals surface area contributed by atoms with Crippen LogP contribution in [0, 0.1) is 0 Å². The molecule has 1 N–H and O–H groups in total. The van der Waals surface area contributed by atoms with Crippen molar-refractivity contribution in [1.82, 2.24) is 0 Å². The maximum Gasteiger partial charge on any atom is 0.166 e. The van der Waals surface area contributed by atoms with Crippen LogP contribution < -0.4 is 0 Å². The molecule has 0 aromatic rings. The maximum absolute atomic E-state index is 11.5. The molecule has 4 nitrogen and oxygen atoms in total. The molecule has 4 heteroatoms. The number of carbonyl (C=O) groups excluding carboxylic acids is 1. The van der Waals surface area contributed by atoms with Crippen LogP contribution in [0.15, 0.2) is 0 Å². The second-order valence-electron chi connectivity index (χ2n) is 3.58. The van der Waals surface area contributed by atoms with Gasteiger partial charge >= 0.3 is 0 Å². The molecule has 3 atom stereocenters. The van der Waals surface area contributed by atoms with Gasteiger partial charge in [0.05, 0.1) is 18.8 Å². The molecule has 2 heterocycles. The van der Waals surface area contributed by atoms with E-state index in [0.717, 1.165) is 12.8 Å². The van der Waals surface area contributed by atoms with Gasteiger partial charge in [-0.25, -0.2) is 0 Å². The van der Waals surface area contributed by atoms with E-state index in [1.807, 2.05) is 0 Å². The highest BCUT2D eigenvalue weighted by molar-refractivity contribution is 5.85. The van der Waals surface area contributed by atoms with E-state index in [1.165, 1.54) is 0 Å². The van der Waals surface area contributed by atoms with Gasteiger partial charge in [0, 0.05) is 13.0 Å². The zero-order valence-electron chi connectivity index (χ0n) is 7.44. The van der Waals surface area contributed by atoms with Crippen LogP contribution in [-0.2, 0) is 14.3 Å². The normalized spacial score (nSPS) is 40.1. The Balaban J connectivity index is 2.03. The average molecular weight is 186 g/mol. The zero-order chi connectivity index (χ0) is 9.26. The fourth-order valence-corrected chi connectivity index (χ4v) is 1.94. The number of Topliss-reactive ketones (excluding diaryl/α,β-unsaturated/α-hetero) is 1. The molecule has 0 radical (unpaired) electrons. The highest BCUT2D eigenvalue weighted by atomic mass is 16.6. The zero-order valence-corrected chi connectivity index (χ0v) is 7.44. The largest absolute Gasteiger partial charge is 0.394 e. The monoisotopic (exact) mass is 186 g/mol. The fraction of sp³-hybridized carbons (Fsp3) is 0.889. The van der Waals surface area contributed by atoms with Crippen molar-refractivity contribution in [3.8, 4) is 0 Å². The molecule has 2 rings (SSSR count). The molecule has 2 saturated heterocycles. The second kappa shape index (κ2) is 3.74. The summed E-state index contributed by atoms with van der Waals surface area (Å²) in [7, 11) is 0. The van der Waals surface area contributed by atoms with E-state index < -0.39 is 0 Å². The maximum atomic E-state index is 11.5. The summed E-state index contributed by atoms with van der Waals surface area (Å²) in [4.78, 5) is 11.5. The Bertz CT molecular complexity index is 204. The van der Waals surface area contributed by atoms with Gasteiger partial charge in [0.15, 0.2) is 5.78 Å². The number of ether oxygens (including phenoxy) is 2. The van der Waals surface area contributed by atoms with E-state index in [1.54, 1.807) is 0 Å². The Kier molecular flexibility index (Phi) is 2.62. The van der Waals surface area contributed by atoms with Crippen molar-refractivity contribution in [2.24, 2.45) is 0 Å². The number of hydrogen-bond acceptors (Lipinski definition) is 4. The molecular weight excluding hydrogens is 172 g/mol. The summed E-state index contributed by atoms with van der Waals surface area (Å²) in [5, 5.41) is 8.88. The van der Waals surface area contributed by atoms with Crippen molar-refractivity contribution < 1.29 is 19.4 Å². The highest BCUT2D eigenvalue weighted by Crippen LogP contribution is 2.26. The third-order valence-electron chi connectivity index (χ3n) is 2.59. The minimum atomic E-state index is -0.364. The first-order valence-electron chi connectivity index (χ1n) is 4.72. The number of aliphatic hydroxyl groups excluding tert-OH is 1. The van der Waals surface area contributed by atoms with Gasteiger partial charge in [-0.05, 0) is 12.8 Å². The molecule has 2 aliphatic heterocycles. The topological polar surface area (TPSA) is 55.8 Å². The van der Waals surface area contributed by atoms with Gasteiger partial charge in [-0.2, -0.15) is 0 Å². The summed E-state index contributed by atoms with van der Waals surface area (Å²) >= 11 is 0. The number of aliphatic hydroxyl groups is 1. The molecule has 0 spiro atoms. The first kappa shape index (κ1) is 9.12. The highest BCUT2D eigenvalue weighted by Gasteiger charge is 2.39.